The number of carbonyl (C=O) groups excluding carboxylic acids is 1. The van der Waals surface area contributed by atoms with Crippen molar-refractivity contribution in [1.29, 1.82) is 0 Å². The highest BCUT2D eigenvalue weighted by molar-refractivity contribution is 9.10. The van der Waals surface area contributed by atoms with Crippen molar-refractivity contribution in [2.45, 2.75) is 26.8 Å². The standard InChI is InChI=1S/C12H16BrNO2/c1-8(2)14-12(15)7-16-11-5-4-10(13)6-9(11)3/h4-6,8H,7H2,1-3H3,(H,14,15). The molecule has 1 aromatic rings. The second-order valence-electron chi connectivity index (χ2n) is 3.92. The molecule has 0 heterocycles. The molecule has 0 aliphatic carbocycles. The van der Waals surface area contributed by atoms with E-state index in [-0.39, 0.29) is 18.6 Å². The fraction of sp³-hybridized carbons (Fsp3) is 0.417. The van der Waals surface area contributed by atoms with E-state index in [4.69, 9.17) is 4.74 Å². The minimum absolute atomic E-state index is 0.0562. The zero-order valence-electron chi connectivity index (χ0n) is 9.71. The van der Waals surface area contributed by atoms with Crippen molar-refractivity contribution in [3.63, 3.8) is 0 Å². The van der Waals surface area contributed by atoms with E-state index < -0.39 is 0 Å². The molecule has 0 radical (unpaired) electrons. The van der Waals surface area contributed by atoms with Gasteiger partial charge in [0.05, 0.1) is 0 Å². The maximum atomic E-state index is 11.4. The first-order valence-electron chi connectivity index (χ1n) is 5.17. The summed E-state index contributed by atoms with van der Waals surface area (Å²) in [6.07, 6.45) is 0. The highest BCUT2D eigenvalue weighted by Gasteiger charge is 2.05. The van der Waals surface area contributed by atoms with Crippen LogP contribution in [0.3, 0.4) is 0 Å². The van der Waals surface area contributed by atoms with Gasteiger partial charge in [0.1, 0.15) is 5.75 Å². The summed E-state index contributed by atoms with van der Waals surface area (Å²) < 4.78 is 6.43. The topological polar surface area (TPSA) is 38.3 Å². The number of aryl methyl sites for hydroxylation is 1. The van der Waals surface area contributed by atoms with Gasteiger partial charge in [-0.1, -0.05) is 15.9 Å². The molecule has 0 bridgehead atoms. The van der Waals surface area contributed by atoms with Crippen molar-refractivity contribution >= 4 is 21.8 Å². The van der Waals surface area contributed by atoms with Gasteiger partial charge in [-0.25, -0.2) is 0 Å². The number of benzene rings is 1. The third-order valence-electron chi connectivity index (χ3n) is 1.95. The maximum absolute atomic E-state index is 11.4. The van der Waals surface area contributed by atoms with E-state index in [1.165, 1.54) is 0 Å². The van der Waals surface area contributed by atoms with Crippen molar-refractivity contribution in [3.05, 3.63) is 28.2 Å². The number of hydrogen-bond acceptors (Lipinski definition) is 2. The van der Waals surface area contributed by atoms with E-state index in [0.29, 0.717) is 0 Å². The van der Waals surface area contributed by atoms with Crippen molar-refractivity contribution in [1.82, 2.24) is 5.32 Å². The molecule has 0 saturated carbocycles. The molecule has 4 heteroatoms. The van der Waals surface area contributed by atoms with Gasteiger partial charge in [-0.15, -0.1) is 0 Å². The summed E-state index contributed by atoms with van der Waals surface area (Å²) in [5, 5.41) is 2.77. The normalized spacial score (nSPS) is 10.3. The van der Waals surface area contributed by atoms with E-state index in [1.54, 1.807) is 0 Å². The summed E-state index contributed by atoms with van der Waals surface area (Å²) in [6, 6.07) is 5.84. The molecule has 0 saturated heterocycles. The van der Waals surface area contributed by atoms with Crippen LogP contribution in [-0.4, -0.2) is 18.6 Å². The van der Waals surface area contributed by atoms with Crippen molar-refractivity contribution < 1.29 is 9.53 Å². The lowest BCUT2D eigenvalue weighted by atomic mass is 10.2. The highest BCUT2D eigenvalue weighted by Crippen LogP contribution is 2.21. The minimum Gasteiger partial charge on any atom is -0.484 e. The van der Waals surface area contributed by atoms with Crippen LogP contribution in [0.2, 0.25) is 0 Å². The smallest absolute Gasteiger partial charge is 0.258 e. The Bertz CT molecular complexity index is 377. The van der Waals surface area contributed by atoms with Crippen LogP contribution in [0.4, 0.5) is 0 Å². The van der Waals surface area contributed by atoms with E-state index in [0.717, 1.165) is 15.8 Å². The molecular formula is C12H16BrNO2. The molecule has 1 amide bonds. The Balaban J connectivity index is 2.51. The van der Waals surface area contributed by atoms with E-state index in [1.807, 2.05) is 39.0 Å². The fourth-order valence-electron chi connectivity index (χ4n) is 1.28. The molecule has 0 aromatic heterocycles. The average Bonchev–Trinajstić information content (AvgIpc) is 2.15. The van der Waals surface area contributed by atoms with Gasteiger partial charge in [-0.3, -0.25) is 4.79 Å². The van der Waals surface area contributed by atoms with E-state index in [9.17, 15) is 4.79 Å². The molecular weight excluding hydrogens is 270 g/mol. The van der Waals surface area contributed by atoms with Gasteiger partial charge < -0.3 is 10.1 Å². The minimum atomic E-state index is -0.0997. The van der Waals surface area contributed by atoms with Gasteiger partial charge in [-0.2, -0.15) is 0 Å². The fourth-order valence-corrected chi connectivity index (χ4v) is 1.76. The molecule has 3 nitrogen and oxygen atoms in total. The molecule has 1 rings (SSSR count). The Kier molecular flexibility index (Phi) is 4.80. The van der Waals surface area contributed by atoms with Crippen LogP contribution >= 0.6 is 15.9 Å². The van der Waals surface area contributed by atoms with Crippen LogP contribution in [0, 0.1) is 6.92 Å². The van der Waals surface area contributed by atoms with Crippen LogP contribution in [0.25, 0.3) is 0 Å². The van der Waals surface area contributed by atoms with Crippen LogP contribution in [0.5, 0.6) is 5.75 Å². The number of nitrogens with one attached hydrogen (secondary N) is 1. The van der Waals surface area contributed by atoms with Gasteiger partial charge >= 0.3 is 0 Å². The first-order valence-corrected chi connectivity index (χ1v) is 5.96. The number of hydrogen-bond donors (Lipinski definition) is 1. The summed E-state index contributed by atoms with van der Waals surface area (Å²) in [5.41, 5.74) is 1.01. The Morgan fingerprint density at radius 3 is 2.75 bits per heavy atom. The maximum Gasteiger partial charge on any atom is 0.258 e. The summed E-state index contributed by atoms with van der Waals surface area (Å²) in [6.45, 7) is 5.84. The molecule has 1 aromatic carbocycles. The lowest BCUT2D eigenvalue weighted by Gasteiger charge is -2.11. The molecule has 16 heavy (non-hydrogen) atoms. The molecule has 0 spiro atoms. The molecule has 0 unspecified atom stereocenters. The summed E-state index contributed by atoms with van der Waals surface area (Å²) in [4.78, 5) is 11.4. The Morgan fingerprint density at radius 2 is 2.19 bits per heavy atom. The van der Waals surface area contributed by atoms with Crippen molar-refractivity contribution in [3.8, 4) is 5.75 Å². The number of amides is 1. The predicted molar refractivity (Wildman–Crippen MR) is 67.7 cm³/mol. The zero-order chi connectivity index (χ0) is 12.1. The quantitative estimate of drug-likeness (QED) is 0.924. The third kappa shape index (κ3) is 4.23. The van der Waals surface area contributed by atoms with Gasteiger partial charge in [-0.05, 0) is 44.5 Å². The molecule has 0 aliphatic rings. The van der Waals surface area contributed by atoms with Crippen LogP contribution < -0.4 is 10.1 Å². The summed E-state index contributed by atoms with van der Waals surface area (Å²) in [5.74, 6) is 0.638. The number of rotatable bonds is 4. The Labute approximate surface area is 104 Å². The first kappa shape index (κ1) is 13.0. The average molecular weight is 286 g/mol. The summed E-state index contributed by atoms with van der Waals surface area (Å²) >= 11 is 3.37. The molecule has 0 fully saturated rings. The molecule has 0 atom stereocenters. The number of halogens is 1. The SMILES string of the molecule is Cc1cc(Br)ccc1OCC(=O)NC(C)C. The first-order chi connectivity index (χ1) is 7.49. The van der Waals surface area contributed by atoms with Crippen LogP contribution in [0.1, 0.15) is 19.4 Å². The predicted octanol–water partition coefficient (Wildman–Crippen LogP) is 2.66. The molecule has 88 valence electrons. The lowest BCUT2D eigenvalue weighted by Crippen LogP contribution is -2.34. The zero-order valence-corrected chi connectivity index (χ0v) is 11.3. The van der Waals surface area contributed by atoms with Gasteiger partial charge in [0.2, 0.25) is 0 Å². The monoisotopic (exact) mass is 285 g/mol. The summed E-state index contributed by atoms with van der Waals surface area (Å²) in [7, 11) is 0. The number of ether oxygens (including phenoxy) is 1. The molecule has 0 aliphatic heterocycles. The second-order valence-corrected chi connectivity index (χ2v) is 4.84. The highest BCUT2D eigenvalue weighted by atomic mass is 79.9. The second kappa shape index (κ2) is 5.89. The third-order valence-corrected chi connectivity index (χ3v) is 2.44. The van der Waals surface area contributed by atoms with Gasteiger partial charge in [0, 0.05) is 10.5 Å². The largest absolute Gasteiger partial charge is 0.484 e. The van der Waals surface area contributed by atoms with E-state index in [2.05, 4.69) is 21.2 Å². The molecule has 1 N–H and O–H groups in total. The van der Waals surface area contributed by atoms with Gasteiger partial charge in [0.25, 0.3) is 5.91 Å². The Hall–Kier alpha value is -1.03. The van der Waals surface area contributed by atoms with Gasteiger partial charge in [0.15, 0.2) is 6.61 Å². The van der Waals surface area contributed by atoms with Crippen molar-refractivity contribution in [2.24, 2.45) is 0 Å². The Morgan fingerprint density at radius 1 is 1.50 bits per heavy atom. The van der Waals surface area contributed by atoms with Crippen LogP contribution in [0.15, 0.2) is 22.7 Å². The lowest BCUT2D eigenvalue weighted by molar-refractivity contribution is -0.123. The van der Waals surface area contributed by atoms with E-state index >= 15 is 0 Å². The number of carbonyl (C=O) groups is 1. The van der Waals surface area contributed by atoms with Crippen LogP contribution in [-0.2, 0) is 4.79 Å². The van der Waals surface area contributed by atoms with Crippen molar-refractivity contribution in [2.75, 3.05) is 6.61 Å².